The van der Waals surface area contributed by atoms with Crippen LogP contribution in [0.15, 0.2) is 66.7 Å². The molecule has 1 fully saturated rings. The van der Waals surface area contributed by atoms with Crippen LogP contribution in [0, 0.1) is 6.57 Å². The van der Waals surface area contributed by atoms with Gasteiger partial charge in [0, 0.05) is 36.2 Å². The van der Waals surface area contributed by atoms with E-state index in [-0.39, 0.29) is 6.04 Å². The summed E-state index contributed by atoms with van der Waals surface area (Å²) < 4.78 is 0. The van der Waals surface area contributed by atoms with Crippen LogP contribution >= 0.6 is 34.8 Å². The molecule has 0 aliphatic carbocycles. The van der Waals surface area contributed by atoms with E-state index < -0.39 is 6.10 Å². The molecular formula is C25H22Cl3N3O. The number of β-amino-alcohol motifs (C(OH)–C–C–N with tert-alkyl or cyclic N) is 1. The smallest absolute Gasteiger partial charge is 0.187 e. The third kappa shape index (κ3) is 5.20. The molecule has 7 heteroatoms. The normalized spacial score (nSPS) is 17.7. The monoisotopic (exact) mass is 485 g/mol. The van der Waals surface area contributed by atoms with Crippen molar-refractivity contribution in [3.63, 3.8) is 0 Å². The number of aliphatic hydroxyl groups is 1. The molecule has 1 saturated heterocycles. The Morgan fingerprint density at radius 3 is 2.44 bits per heavy atom. The number of benzene rings is 3. The number of halogens is 3. The molecule has 0 amide bonds. The number of hydrogen-bond donors (Lipinski definition) is 1. The second-order valence-corrected chi connectivity index (χ2v) is 9.12. The molecule has 3 aromatic rings. The standard InChI is InChI=1S/C25H22Cl3N3O/c1-29-21-4-2-3-18(13-21)25(32)16-30-11-12-31(23-10-9-20(27)14-22(23)28)24(15-30)17-5-7-19(26)8-6-17/h2-10,13-14,24-25,32H,11-12,15-16H2/t24-,25-/m0/s1. The summed E-state index contributed by atoms with van der Waals surface area (Å²) in [6.45, 7) is 9.90. The maximum atomic E-state index is 10.8. The molecule has 4 rings (SSSR count). The molecule has 1 N–H and O–H groups in total. The summed E-state index contributed by atoms with van der Waals surface area (Å²) in [5, 5.41) is 12.7. The van der Waals surface area contributed by atoms with Crippen LogP contribution in [0.2, 0.25) is 15.1 Å². The zero-order valence-corrected chi connectivity index (χ0v) is 19.5. The molecule has 0 bridgehead atoms. The second-order valence-electron chi connectivity index (χ2n) is 7.84. The van der Waals surface area contributed by atoms with E-state index in [9.17, 15) is 5.11 Å². The maximum Gasteiger partial charge on any atom is 0.187 e. The Morgan fingerprint density at radius 1 is 0.969 bits per heavy atom. The van der Waals surface area contributed by atoms with Gasteiger partial charge in [-0.25, -0.2) is 4.85 Å². The summed E-state index contributed by atoms with van der Waals surface area (Å²) in [5.41, 5.74) is 3.34. The predicted octanol–water partition coefficient (Wildman–Crippen LogP) is 6.79. The minimum absolute atomic E-state index is 0.0291. The highest BCUT2D eigenvalue weighted by molar-refractivity contribution is 6.36. The summed E-state index contributed by atoms with van der Waals surface area (Å²) in [6, 6.07) is 20.6. The molecule has 0 saturated carbocycles. The lowest BCUT2D eigenvalue weighted by molar-refractivity contribution is 0.101. The minimum atomic E-state index is -0.673. The summed E-state index contributed by atoms with van der Waals surface area (Å²) in [4.78, 5) is 7.99. The molecule has 0 aromatic heterocycles. The lowest BCUT2D eigenvalue weighted by Gasteiger charge is -2.44. The number of nitrogens with zero attached hydrogens (tertiary/aromatic N) is 3. The van der Waals surface area contributed by atoms with Crippen molar-refractivity contribution >= 4 is 46.2 Å². The number of hydrogen-bond acceptors (Lipinski definition) is 3. The molecule has 164 valence electrons. The van der Waals surface area contributed by atoms with Crippen LogP contribution in [0.25, 0.3) is 4.85 Å². The Balaban J connectivity index is 1.58. The third-order valence-electron chi connectivity index (χ3n) is 5.75. The van der Waals surface area contributed by atoms with E-state index in [0.717, 1.165) is 29.9 Å². The van der Waals surface area contributed by atoms with Crippen molar-refractivity contribution in [2.45, 2.75) is 12.1 Å². The molecule has 1 heterocycles. The Labute approximate surface area is 203 Å². The highest BCUT2D eigenvalue weighted by atomic mass is 35.5. The van der Waals surface area contributed by atoms with Crippen LogP contribution in [-0.2, 0) is 0 Å². The topological polar surface area (TPSA) is 31.1 Å². The Morgan fingerprint density at radius 2 is 1.72 bits per heavy atom. The molecule has 0 radical (unpaired) electrons. The van der Waals surface area contributed by atoms with Gasteiger partial charge in [-0.1, -0.05) is 71.2 Å². The van der Waals surface area contributed by atoms with Gasteiger partial charge in [-0.3, -0.25) is 4.90 Å². The van der Waals surface area contributed by atoms with Gasteiger partial charge in [0.15, 0.2) is 5.69 Å². The molecule has 2 atom stereocenters. The fourth-order valence-electron chi connectivity index (χ4n) is 4.13. The van der Waals surface area contributed by atoms with Crippen LogP contribution < -0.4 is 4.90 Å². The van der Waals surface area contributed by atoms with Crippen LogP contribution in [0.5, 0.6) is 0 Å². The molecule has 1 aliphatic rings. The largest absolute Gasteiger partial charge is 0.387 e. The zero-order valence-electron chi connectivity index (χ0n) is 17.3. The molecule has 32 heavy (non-hydrogen) atoms. The highest BCUT2D eigenvalue weighted by Crippen LogP contribution is 2.37. The van der Waals surface area contributed by atoms with Gasteiger partial charge in [0.05, 0.1) is 29.4 Å². The summed E-state index contributed by atoms with van der Waals surface area (Å²) >= 11 is 18.8. The molecule has 3 aromatic carbocycles. The van der Waals surface area contributed by atoms with Crippen LogP contribution in [0.1, 0.15) is 23.3 Å². The van der Waals surface area contributed by atoms with Crippen molar-refractivity contribution in [3.8, 4) is 0 Å². The van der Waals surface area contributed by atoms with E-state index in [4.69, 9.17) is 41.4 Å². The predicted molar refractivity (Wildman–Crippen MR) is 132 cm³/mol. The molecular weight excluding hydrogens is 465 g/mol. The Bertz CT molecular complexity index is 1130. The van der Waals surface area contributed by atoms with Gasteiger partial charge in [0.2, 0.25) is 0 Å². The van der Waals surface area contributed by atoms with Gasteiger partial charge in [0.1, 0.15) is 0 Å². The average Bonchev–Trinajstić information content (AvgIpc) is 2.80. The molecule has 4 nitrogen and oxygen atoms in total. The fraction of sp³-hybridized carbons (Fsp3) is 0.240. The summed E-state index contributed by atoms with van der Waals surface area (Å²) in [7, 11) is 0. The van der Waals surface area contributed by atoms with Crippen LogP contribution in [0.3, 0.4) is 0 Å². The van der Waals surface area contributed by atoms with Gasteiger partial charge in [-0.15, -0.1) is 0 Å². The number of rotatable bonds is 5. The van der Waals surface area contributed by atoms with E-state index in [2.05, 4.69) is 14.6 Å². The van der Waals surface area contributed by atoms with Crippen molar-refractivity contribution in [3.05, 3.63) is 104 Å². The maximum absolute atomic E-state index is 10.8. The van der Waals surface area contributed by atoms with Crippen molar-refractivity contribution in [1.82, 2.24) is 4.90 Å². The zero-order chi connectivity index (χ0) is 22.7. The van der Waals surface area contributed by atoms with Gasteiger partial charge < -0.3 is 10.0 Å². The Kier molecular flexibility index (Phi) is 7.25. The van der Waals surface area contributed by atoms with Crippen molar-refractivity contribution < 1.29 is 5.11 Å². The van der Waals surface area contributed by atoms with Crippen molar-refractivity contribution in [2.24, 2.45) is 0 Å². The lowest BCUT2D eigenvalue weighted by Crippen LogP contribution is -2.49. The van der Waals surface area contributed by atoms with E-state index in [1.165, 1.54) is 0 Å². The van der Waals surface area contributed by atoms with E-state index in [1.54, 1.807) is 18.2 Å². The first-order valence-electron chi connectivity index (χ1n) is 10.3. The third-order valence-corrected chi connectivity index (χ3v) is 6.54. The lowest BCUT2D eigenvalue weighted by atomic mass is 10.00. The fourth-order valence-corrected chi connectivity index (χ4v) is 4.77. The Hall–Kier alpha value is -2.26. The van der Waals surface area contributed by atoms with Crippen LogP contribution in [-0.4, -0.2) is 36.2 Å². The molecule has 0 spiro atoms. The van der Waals surface area contributed by atoms with Crippen molar-refractivity contribution in [1.29, 1.82) is 0 Å². The number of anilines is 1. The quantitative estimate of drug-likeness (QED) is 0.403. The first kappa shape index (κ1) is 22.9. The van der Waals surface area contributed by atoms with Crippen LogP contribution in [0.4, 0.5) is 11.4 Å². The second kappa shape index (κ2) is 10.1. The average molecular weight is 487 g/mol. The van der Waals surface area contributed by atoms with E-state index in [1.807, 2.05) is 48.5 Å². The number of aliphatic hydroxyl groups excluding tert-OH is 1. The molecule has 1 aliphatic heterocycles. The highest BCUT2D eigenvalue weighted by Gasteiger charge is 2.30. The van der Waals surface area contributed by atoms with E-state index in [0.29, 0.717) is 33.8 Å². The van der Waals surface area contributed by atoms with Gasteiger partial charge in [0.25, 0.3) is 0 Å². The van der Waals surface area contributed by atoms with Gasteiger partial charge >= 0.3 is 0 Å². The minimum Gasteiger partial charge on any atom is -0.387 e. The summed E-state index contributed by atoms with van der Waals surface area (Å²) in [5.74, 6) is 0. The summed E-state index contributed by atoms with van der Waals surface area (Å²) in [6.07, 6.45) is -0.673. The number of piperazine rings is 1. The van der Waals surface area contributed by atoms with Gasteiger partial charge in [-0.05, 0) is 41.5 Å². The first-order valence-corrected chi connectivity index (χ1v) is 11.4. The van der Waals surface area contributed by atoms with Gasteiger partial charge in [-0.2, -0.15) is 0 Å². The first-order chi connectivity index (χ1) is 15.4. The SMILES string of the molecule is [C-]#[N+]c1cccc([C@@H](O)CN2CCN(c3ccc(Cl)cc3Cl)[C@H](c3ccc(Cl)cc3)C2)c1. The van der Waals surface area contributed by atoms with E-state index >= 15 is 0 Å². The molecule has 0 unspecified atom stereocenters. The van der Waals surface area contributed by atoms with Crippen molar-refractivity contribution in [2.75, 3.05) is 31.1 Å².